The van der Waals surface area contributed by atoms with Crippen molar-refractivity contribution in [3.05, 3.63) is 53.7 Å². The van der Waals surface area contributed by atoms with Crippen molar-refractivity contribution in [2.24, 2.45) is 0 Å². The van der Waals surface area contributed by atoms with Crippen LogP contribution in [0.4, 0.5) is 0 Å². The van der Waals surface area contributed by atoms with Gasteiger partial charge in [0.25, 0.3) is 0 Å². The Balaban J connectivity index is 1.58. The molecular weight excluding hydrogens is 292 g/mol. The quantitative estimate of drug-likeness (QED) is 0.922. The molecule has 0 radical (unpaired) electrons. The number of nitrogens with zero attached hydrogens (tertiary/aromatic N) is 1. The summed E-state index contributed by atoms with van der Waals surface area (Å²) in [5, 5.41) is 2.97. The van der Waals surface area contributed by atoms with Gasteiger partial charge in [0.05, 0.1) is 13.7 Å². The van der Waals surface area contributed by atoms with Crippen LogP contribution in [0, 0.1) is 0 Å². The van der Waals surface area contributed by atoms with Crippen LogP contribution in [0.15, 0.2) is 42.6 Å². The predicted molar refractivity (Wildman–Crippen MR) is 86.5 cm³/mol. The molecular formula is C18H20N2O3. The Morgan fingerprint density at radius 2 is 2.26 bits per heavy atom. The number of hydrogen-bond acceptors (Lipinski definition) is 4. The fraction of sp³-hybridized carbons (Fsp3) is 0.333. The molecule has 0 spiro atoms. The van der Waals surface area contributed by atoms with Crippen molar-refractivity contribution in [1.29, 1.82) is 0 Å². The fourth-order valence-corrected chi connectivity index (χ4v) is 2.80. The lowest BCUT2D eigenvalue weighted by Gasteiger charge is -2.25. The topological polar surface area (TPSA) is 60.5 Å². The third-order valence-corrected chi connectivity index (χ3v) is 4.01. The lowest BCUT2D eigenvalue weighted by molar-refractivity contribution is -0.121. The predicted octanol–water partition coefficient (Wildman–Crippen LogP) is 2.66. The van der Waals surface area contributed by atoms with Gasteiger partial charge in [-0.25, -0.2) is 4.98 Å². The van der Waals surface area contributed by atoms with Gasteiger partial charge in [0.2, 0.25) is 11.8 Å². The van der Waals surface area contributed by atoms with Crippen LogP contribution >= 0.6 is 0 Å². The molecule has 0 aliphatic carbocycles. The van der Waals surface area contributed by atoms with Crippen LogP contribution in [0.2, 0.25) is 0 Å². The number of hydrogen-bond donors (Lipinski definition) is 1. The van der Waals surface area contributed by atoms with Crippen molar-refractivity contribution in [3.63, 3.8) is 0 Å². The van der Waals surface area contributed by atoms with Gasteiger partial charge in [-0.15, -0.1) is 0 Å². The molecule has 2 heterocycles. The smallest absolute Gasteiger partial charge is 0.220 e. The average Bonchev–Trinajstić information content (AvgIpc) is 2.60. The summed E-state index contributed by atoms with van der Waals surface area (Å²) in [7, 11) is 1.58. The molecule has 1 atom stereocenters. The summed E-state index contributed by atoms with van der Waals surface area (Å²) in [5.74, 6) is 1.71. The van der Waals surface area contributed by atoms with Gasteiger partial charge < -0.3 is 14.8 Å². The van der Waals surface area contributed by atoms with Crippen molar-refractivity contribution < 1.29 is 14.3 Å². The van der Waals surface area contributed by atoms with Crippen LogP contribution in [-0.2, 0) is 11.3 Å². The molecule has 1 aliphatic rings. The van der Waals surface area contributed by atoms with Crippen molar-refractivity contribution in [2.75, 3.05) is 13.7 Å². The number of fused-ring (bicyclic) bond motifs is 1. The van der Waals surface area contributed by atoms with E-state index < -0.39 is 0 Å². The summed E-state index contributed by atoms with van der Waals surface area (Å²) < 4.78 is 10.7. The molecule has 5 heteroatoms. The summed E-state index contributed by atoms with van der Waals surface area (Å²) in [4.78, 5) is 16.3. The number of para-hydroxylation sites is 1. The second-order valence-corrected chi connectivity index (χ2v) is 5.56. The van der Waals surface area contributed by atoms with Gasteiger partial charge in [0.15, 0.2) is 0 Å². The molecule has 1 aromatic carbocycles. The molecule has 3 rings (SSSR count). The molecule has 2 aromatic rings. The van der Waals surface area contributed by atoms with Gasteiger partial charge in [-0.2, -0.15) is 0 Å². The lowest BCUT2D eigenvalue weighted by atomic mass is 9.90. The number of ether oxygens (including phenoxy) is 2. The molecule has 23 heavy (non-hydrogen) atoms. The first kappa shape index (κ1) is 15.3. The van der Waals surface area contributed by atoms with Gasteiger partial charge in [-0.3, -0.25) is 4.79 Å². The molecule has 0 fully saturated rings. The lowest BCUT2D eigenvalue weighted by Crippen LogP contribution is -2.26. The minimum atomic E-state index is 0.0440. The number of benzene rings is 1. The molecule has 5 nitrogen and oxygen atoms in total. The molecule has 0 bridgehead atoms. The highest BCUT2D eigenvalue weighted by molar-refractivity contribution is 5.77. The van der Waals surface area contributed by atoms with Crippen LogP contribution in [-0.4, -0.2) is 24.6 Å². The minimum absolute atomic E-state index is 0.0440. The van der Waals surface area contributed by atoms with E-state index >= 15 is 0 Å². The summed E-state index contributed by atoms with van der Waals surface area (Å²) >= 11 is 0. The van der Waals surface area contributed by atoms with E-state index in [1.807, 2.05) is 36.4 Å². The van der Waals surface area contributed by atoms with Crippen LogP contribution in [0.5, 0.6) is 11.6 Å². The largest absolute Gasteiger partial charge is 0.493 e. The molecule has 1 amide bonds. The highest BCUT2D eigenvalue weighted by atomic mass is 16.5. The number of nitrogens with one attached hydrogen (secondary N) is 1. The first-order valence-electron chi connectivity index (χ1n) is 7.73. The standard InChI is InChI=1S/C18H20N2O3/c1-22-18-10-13(6-8-19-18)12-20-17(21)11-14-7-9-23-16-5-3-2-4-15(14)16/h2-6,8,10,14H,7,9,11-12H2,1H3,(H,20,21). The number of carbonyl (C=O) groups is 1. The molecule has 1 N–H and O–H groups in total. The van der Waals surface area contributed by atoms with E-state index in [4.69, 9.17) is 9.47 Å². The maximum absolute atomic E-state index is 12.3. The van der Waals surface area contributed by atoms with Gasteiger partial charge >= 0.3 is 0 Å². The zero-order valence-electron chi connectivity index (χ0n) is 13.1. The maximum Gasteiger partial charge on any atom is 0.220 e. The molecule has 120 valence electrons. The van der Waals surface area contributed by atoms with E-state index in [2.05, 4.69) is 10.3 Å². The number of carbonyl (C=O) groups excluding carboxylic acids is 1. The summed E-state index contributed by atoms with van der Waals surface area (Å²) in [5.41, 5.74) is 2.09. The summed E-state index contributed by atoms with van der Waals surface area (Å²) in [6, 6.07) is 11.6. The second-order valence-electron chi connectivity index (χ2n) is 5.56. The Morgan fingerprint density at radius 3 is 3.13 bits per heavy atom. The van der Waals surface area contributed by atoms with Gasteiger partial charge in [0.1, 0.15) is 5.75 Å². The average molecular weight is 312 g/mol. The molecule has 0 saturated carbocycles. The van der Waals surface area contributed by atoms with Crippen LogP contribution in [0.25, 0.3) is 0 Å². The Labute approximate surface area is 135 Å². The Morgan fingerprint density at radius 1 is 1.39 bits per heavy atom. The third-order valence-electron chi connectivity index (χ3n) is 4.01. The highest BCUT2D eigenvalue weighted by Crippen LogP contribution is 2.35. The molecule has 0 saturated heterocycles. The number of amides is 1. The zero-order chi connectivity index (χ0) is 16.1. The molecule has 1 aromatic heterocycles. The van der Waals surface area contributed by atoms with Crippen LogP contribution in [0.1, 0.15) is 29.9 Å². The van der Waals surface area contributed by atoms with E-state index in [1.165, 1.54) is 0 Å². The maximum atomic E-state index is 12.3. The van der Waals surface area contributed by atoms with Crippen molar-refractivity contribution >= 4 is 5.91 Å². The minimum Gasteiger partial charge on any atom is -0.493 e. The number of methoxy groups -OCH3 is 1. The van der Waals surface area contributed by atoms with E-state index in [0.29, 0.717) is 25.5 Å². The summed E-state index contributed by atoms with van der Waals surface area (Å²) in [6.07, 6.45) is 3.02. The van der Waals surface area contributed by atoms with Crippen LogP contribution < -0.4 is 14.8 Å². The van der Waals surface area contributed by atoms with Crippen molar-refractivity contribution in [2.45, 2.75) is 25.3 Å². The highest BCUT2D eigenvalue weighted by Gasteiger charge is 2.23. The Bertz CT molecular complexity index is 687. The Hall–Kier alpha value is -2.56. The number of rotatable bonds is 5. The van der Waals surface area contributed by atoms with E-state index in [-0.39, 0.29) is 11.8 Å². The Kier molecular flexibility index (Phi) is 4.76. The van der Waals surface area contributed by atoms with Crippen molar-refractivity contribution in [1.82, 2.24) is 10.3 Å². The molecule has 1 unspecified atom stereocenters. The monoisotopic (exact) mass is 312 g/mol. The van der Waals surface area contributed by atoms with E-state index in [0.717, 1.165) is 23.3 Å². The van der Waals surface area contributed by atoms with Gasteiger partial charge in [-0.1, -0.05) is 18.2 Å². The first-order valence-corrected chi connectivity index (χ1v) is 7.73. The molecule has 1 aliphatic heterocycles. The second kappa shape index (κ2) is 7.13. The number of pyridine rings is 1. The normalized spacial score (nSPS) is 16.1. The fourth-order valence-electron chi connectivity index (χ4n) is 2.80. The SMILES string of the molecule is COc1cc(CNC(=O)CC2CCOc3ccccc32)ccn1. The van der Waals surface area contributed by atoms with E-state index in [1.54, 1.807) is 13.3 Å². The van der Waals surface area contributed by atoms with E-state index in [9.17, 15) is 4.79 Å². The van der Waals surface area contributed by atoms with Crippen LogP contribution in [0.3, 0.4) is 0 Å². The summed E-state index contributed by atoms with van der Waals surface area (Å²) in [6.45, 7) is 1.14. The number of aromatic nitrogens is 1. The van der Waals surface area contributed by atoms with Gasteiger partial charge in [-0.05, 0) is 35.6 Å². The van der Waals surface area contributed by atoms with Gasteiger partial charge in [0, 0.05) is 25.2 Å². The third kappa shape index (κ3) is 3.80. The zero-order valence-corrected chi connectivity index (χ0v) is 13.1. The van der Waals surface area contributed by atoms with Crippen molar-refractivity contribution in [3.8, 4) is 11.6 Å². The first-order chi connectivity index (χ1) is 11.3.